The molecule has 0 radical (unpaired) electrons. The second-order valence-corrected chi connectivity index (χ2v) is 3.54. The first kappa shape index (κ1) is 7.80. The summed E-state index contributed by atoms with van der Waals surface area (Å²) in [5, 5.41) is 3.41. The average molecular weight is 139 g/mol. The molecule has 2 unspecified atom stereocenters. The zero-order chi connectivity index (χ0) is 7.56. The molecule has 0 aromatic heterocycles. The Morgan fingerprint density at radius 3 is 2.60 bits per heavy atom. The second kappa shape index (κ2) is 3.20. The standard InChI is InChI=1S/C9H17N/c1-7(2)9-4-8(3)5-10-6-9/h8-10H,1,4-6H2,2-3H3. The van der Waals surface area contributed by atoms with Gasteiger partial charge in [0, 0.05) is 6.54 Å². The van der Waals surface area contributed by atoms with Gasteiger partial charge in [0.15, 0.2) is 0 Å². The van der Waals surface area contributed by atoms with Crippen molar-refractivity contribution in [2.24, 2.45) is 11.8 Å². The highest BCUT2D eigenvalue weighted by Crippen LogP contribution is 2.20. The summed E-state index contributed by atoms with van der Waals surface area (Å²) >= 11 is 0. The third kappa shape index (κ3) is 1.84. The Kier molecular flexibility index (Phi) is 2.50. The van der Waals surface area contributed by atoms with Crippen LogP contribution in [0, 0.1) is 11.8 Å². The van der Waals surface area contributed by atoms with Crippen LogP contribution in [0.4, 0.5) is 0 Å². The Labute approximate surface area is 63.5 Å². The quantitative estimate of drug-likeness (QED) is 0.546. The molecule has 58 valence electrons. The summed E-state index contributed by atoms with van der Waals surface area (Å²) in [6, 6.07) is 0. The molecule has 1 N–H and O–H groups in total. The van der Waals surface area contributed by atoms with Gasteiger partial charge in [-0.2, -0.15) is 0 Å². The van der Waals surface area contributed by atoms with Crippen LogP contribution in [0.25, 0.3) is 0 Å². The van der Waals surface area contributed by atoms with Gasteiger partial charge in [-0.05, 0) is 31.7 Å². The summed E-state index contributed by atoms with van der Waals surface area (Å²) in [5.41, 5.74) is 1.33. The van der Waals surface area contributed by atoms with E-state index in [2.05, 4.69) is 25.7 Å². The van der Waals surface area contributed by atoms with Crippen molar-refractivity contribution in [1.82, 2.24) is 5.32 Å². The van der Waals surface area contributed by atoms with E-state index in [0.717, 1.165) is 18.4 Å². The van der Waals surface area contributed by atoms with Gasteiger partial charge in [-0.1, -0.05) is 19.1 Å². The third-order valence-corrected chi connectivity index (χ3v) is 2.27. The van der Waals surface area contributed by atoms with Gasteiger partial charge in [0.25, 0.3) is 0 Å². The van der Waals surface area contributed by atoms with Crippen molar-refractivity contribution in [3.8, 4) is 0 Å². The smallest absolute Gasteiger partial charge is 0.00169 e. The van der Waals surface area contributed by atoms with E-state index in [9.17, 15) is 0 Å². The lowest BCUT2D eigenvalue weighted by molar-refractivity contribution is 0.335. The van der Waals surface area contributed by atoms with E-state index in [4.69, 9.17) is 0 Å². The van der Waals surface area contributed by atoms with Gasteiger partial charge < -0.3 is 5.32 Å². The molecule has 1 saturated heterocycles. The largest absolute Gasteiger partial charge is 0.316 e. The molecule has 1 heteroatoms. The van der Waals surface area contributed by atoms with Crippen LogP contribution < -0.4 is 5.32 Å². The Bertz CT molecular complexity index is 129. The molecule has 2 atom stereocenters. The van der Waals surface area contributed by atoms with Crippen LogP contribution in [0.3, 0.4) is 0 Å². The van der Waals surface area contributed by atoms with Gasteiger partial charge in [0.1, 0.15) is 0 Å². The first-order valence-corrected chi connectivity index (χ1v) is 4.06. The van der Waals surface area contributed by atoms with Crippen LogP contribution in [0.15, 0.2) is 12.2 Å². The summed E-state index contributed by atoms with van der Waals surface area (Å²) in [4.78, 5) is 0. The van der Waals surface area contributed by atoms with Gasteiger partial charge in [0.2, 0.25) is 0 Å². The van der Waals surface area contributed by atoms with E-state index < -0.39 is 0 Å². The Balaban J connectivity index is 2.39. The zero-order valence-electron chi connectivity index (χ0n) is 6.98. The molecule has 0 aliphatic carbocycles. The third-order valence-electron chi connectivity index (χ3n) is 2.27. The molecule has 0 spiro atoms. The Morgan fingerprint density at radius 2 is 2.20 bits per heavy atom. The minimum atomic E-state index is 0.726. The van der Waals surface area contributed by atoms with E-state index in [1.165, 1.54) is 18.5 Å². The molecule has 0 bridgehead atoms. The van der Waals surface area contributed by atoms with Crippen LogP contribution in [-0.4, -0.2) is 13.1 Å². The minimum Gasteiger partial charge on any atom is -0.316 e. The lowest BCUT2D eigenvalue weighted by Gasteiger charge is -2.27. The summed E-state index contributed by atoms with van der Waals surface area (Å²) in [6.07, 6.45) is 1.32. The van der Waals surface area contributed by atoms with Gasteiger partial charge in [0.05, 0.1) is 0 Å². The molecule has 0 aromatic rings. The Morgan fingerprint density at radius 1 is 1.50 bits per heavy atom. The fourth-order valence-corrected chi connectivity index (χ4v) is 1.53. The highest BCUT2D eigenvalue weighted by Gasteiger charge is 2.17. The maximum Gasteiger partial charge on any atom is 0.00169 e. The maximum absolute atomic E-state index is 3.97. The van der Waals surface area contributed by atoms with Crippen LogP contribution in [-0.2, 0) is 0 Å². The highest BCUT2D eigenvalue weighted by molar-refractivity contribution is 4.99. The average Bonchev–Trinajstić information content (AvgIpc) is 1.88. The van der Waals surface area contributed by atoms with Gasteiger partial charge in [-0.25, -0.2) is 0 Å². The van der Waals surface area contributed by atoms with Crippen molar-refractivity contribution in [2.45, 2.75) is 20.3 Å². The molecule has 0 amide bonds. The summed E-state index contributed by atoms with van der Waals surface area (Å²) in [5.74, 6) is 1.55. The van der Waals surface area contributed by atoms with Crippen LogP contribution in [0.1, 0.15) is 20.3 Å². The van der Waals surface area contributed by atoms with Gasteiger partial charge >= 0.3 is 0 Å². The number of hydrogen-bond acceptors (Lipinski definition) is 1. The van der Waals surface area contributed by atoms with Crippen LogP contribution >= 0.6 is 0 Å². The first-order valence-electron chi connectivity index (χ1n) is 4.06. The SMILES string of the molecule is C=C(C)C1CNCC(C)C1. The van der Waals surface area contributed by atoms with E-state index >= 15 is 0 Å². The van der Waals surface area contributed by atoms with E-state index in [1.807, 2.05) is 0 Å². The fraction of sp³-hybridized carbons (Fsp3) is 0.778. The minimum absolute atomic E-state index is 0.726. The molecule has 1 nitrogen and oxygen atoms in total. The van der Waals surface area contributed by atoms with E-state index in [-0.39, 0.29) is 0 Å². The second-order valence-electron chi connectivity index (χ2n) is 3.54. The van der Waals surface area contributed by atoms with Crippen molar-refractivity contribution in [3.63, 3.8) is 0 Å². The highest BCUT2D eigenvalue weighted by atomic mass is 14.9. The molecular weight excluding hydrogens is 122 g/mol. The summed E-state index contributed by atoms with van der Waals surface area (Å²) < 4.78 is 0. The number of nitrogens with one attached hydrogen (secondary N) is 1. The number of hydrogen-bond donors (Lipinski definition) is 1. The fourth-order valence-electron chi connectivity index (χ4n) is 1.53. The van der Waals surface area contributed by atoms with E-state index in [0.29, 0.717) is 0 Å². The monoisotopic (exact) mass is 139 g/mol. The summed E-state index contributed by atoms with van der Waals surface area (Å²) in [7, 11) is 0. The molecule has 1 fully saturated rings. The lowest BCUT2D eigenvalue weighted by atomic mass is 9.88. The topological polar surface area (TPSA) is 12.0 Å². The molecule has 0 saturated carbocycles. The van der Waals surface area contributed by atoms with Crippen molar-refractivity contribution < 1.29 is 0 Å². The van der Waals surface area contributed by atoms with Crippen molar-refractivity contribution in [3.05, 3.63) is 12.2 Å². The predicted octanol–water partition coefficient (Wildman–Crippen LogP) is 1.81. The van der Waals surface area contributed by atoms with E-state index in [1.54, 1.807) is 0 Å². The summed E-state index contributed by atoms with van der Waals surface area (Å²) in [6.45, 7) is 10.7. The van der Waals surface area contributed by atoms with Crippen molar-refractivity contribution >= 4 is 0 Å². The molecule has 1 heterocycles. The van der Waals surface area contributed by atoms with Crippen LogP contribution in [0.5, 0.6) is 0 Å². The van der Waals surface area contributed by atoms with Crippen molar-refractivity contribution in [2.75, 3.05) is 13.1 Å². The first-order chi connectivity index (χ1) is 4.70. The predicted molar refractivity (Wildman–Crippen MR) is 45.0 cm³/mol. The molecule has 1 aliphatic heterocycles. The molecule has 0 aromatic carbocycles. The molecule has 1 rings (SSSR count). The Hall–Kier alpha value is -0.300. The number of rotatable bonds is 1. The maximum atomic E-state index is 3.97. The van der Waals surface area contributed by atoms with Gasteiger partial charge in [-0.15, -0.1) is 0 Å². The lowest BCUT2D eigenvalue weighted by Crippen LogP contribution is -2.35. The molecular formula is C9H17N. The number of piperidine rings is 1. The van der Waals surface area contributed by atoms with Gasteiger partial charge in [-0.3, -0.25) is 0 Å². The molecule has 10 heavy (non-hydrogen) atoms. The normalized spacial score (nSPS) is 33.8. The zero-order valence-corrected chi connectivity index (χ0v) is 6.98. The van der Waals surface area contributed by atoms with Crippen LogP contribution in [0.2, 0.25) is 0 Å². The van der Waals surface area contributed by atoms with Crippen molar-refractivity contribution in [1.29, 1.82) is 0 Å². The molecule has 1 aliphatic rings.